The summed E-state index contributed by atoms with van der Waals surface area (Å²) in [5.41, 5.74) is 1.60. The first-order valence-corrected chi connectivity index (χ1v) is 9.36. The Labute approximate surface area is 172 Å². The van der Waals surface area contributed by atoms with Gasteiger partial charge in [0.15, 0.2) is 5.69 Å². The van der Waals surface area contributed by atoms with Crippen LogP contribution in [0, 0.1) is 0 Å². The maximum absolute atomic E-state index is 12.6. The third-order valence-electron chi connectivity index (χ3n) is 3.79. The van der Waals surface area contributed by atoms with Gasteiger partial charge >= 0.3 is 11.9 Å². The van der Waals surface area contributed by atoms with Crippen LogP contribution in [-0.2, 0) is 9.47 Å². The van der Waals surface area contributed by atoms with Gasteiger partial charge in [-0.05, 0) is 30.3 Å². The monoisotopic (exact) mass is 492 g/mol. The van der Waals surface area contributed by atoms with Gasteiger partial charge in [0.1, 0.15) is 11.3 Å². The molecule has 0 radical (unpaired) electrons. The first-order chi connectivity index (χ1) is 13.0. The molecular formula is C19H14Br2N2O4. The zero-order chi connectivity index (χ0) is 19.6. The minimum atomic E-state index is -0.688. The van der Waals surface area contributed by atoms with Crippen molar-refractivity contribution < 1.29 is 19.1 Å². The highest BCUT2D eigenvalue weighted by Gasteiger charge is 2.31. The van der Waals surface area contributed by atoms with E-state index in [1.54, 1.807) is 24.3 Å². The molecule has 138 valence electrons. The van der Waals surface area contributed by atoms with Gasteiger partial charge in [-0.3, -0.25) is 0 Å². The second-order valence-corrected chi connectivity index (χ2v) is 7.29. The largest absolute Gasteiger partial charge is 0.465 e. The number of nitrogens with zero attached hydrogens (tertiary/aromatic N) is 2. The molecule has 0 fully saturated rings. The number of esters is 2. The lowest BCUT2D eigenvalue weighted by atomic mass is 10.1. The maximum Gasteiger partial charge on any atom is 0.357 e. The van der Waals surface area contributed by atoms with Crippen LogP contribution in [0.1, 0.15) is 20.8 Å². The van der Waals surface area contributed by atoms with E-state index < -0.39 is 11.9 Å². The molecule has 8 heteroatoms. The molecule has 0 aliphatic rings. The molecule has 1 heterocycles. The molecule has 0 bridgehead atoms. The average molecular weight is 494 g/mol. The number of hydrogen-bond acceptors (Lipinski definition) is 5. The molecule has 2 aromatic carbocycles. The first kappa shape index (κ1) is 19.3. The van der Waals surface area contributed by atoms with Gasteiger partial charge in [0.25, 0.3) is 0 Å². The Hall–Kier alpha value is -2.45. The third-order valence-corrected chi connectivity index (χ3v) is 4.71. The number of aromatic nitrogens is 2. The summed E-state index contributed by atoms with van der Waals surface area (Å²) in [4.78, 5) is 25.1. The lowest BCUT2D eigenvalue weighted by Gasteiger charge is -2.07. The summed E-state index contributed by atoms with van der Waals surface area (Å²) < 4.78 is 12.8. The van der Waals surface area contributed by atoms with Crippen molar-refractivity contribution in [1.29, 1.82) is 0 Å². The van der Waals surface area contributed by atoms with Crippen molar-refractivity contribution in [3.05, 3.63) is 68.7 Å². The number of halogens is 2. The molecule has 0 atom stereocenters. The van der Waals surface area contributed by atoms with E-state index in [-0.39, 0.29) is 11.3 Å². The molecule has 0 spiro atoms. The Morgan fingerprint density at radius 3 is 2.07 bits per heavy atom. The van der Waals surface area contributed by atoms with Crippen molar-refractivity contribution >= 4 is 43.8 Å². The normalized spacial score (nSPS) is 10.5. The zero-order valence-corrected chi connectivity index (χ0v) is 17.6. The second kappa shape index (κ2) is 8.06. The summed E-state index contributed by atoms with van der Waals surface area (Å²) in [7, 11) is 2.50. The number of benzene rings is 2. The predicted molar refractivity (Wildman–Crippen MR) is 107 cm³/mol. The molecule has 1 aromatic heterocycles. The van der Waals surface area contributed by atoms with Crippen LogP contribution in [0.2, 0.25) is 0 Å². The van der Waals surface area contributed by atoms with Crippen molar-refractivity contribution in [2.24, 2.45) is 0 Å². The van der Waals surface area contributed by atoms with Crippen LogP contribution >= 0.6 is 31.9 Å². The van der Waals surface area contributed by atoms with Crippen LogP contribution in [0.4, 0.5) is 0 Å². The topological polar surface area (TPSA) is 70.4 Å². The van der Waals surface area contributed by atoms with E-state index in [1.807, 2.05) is 24.3 Å². The average Bonchev–Trinajstić information content (AvgIpc) is 3.07. The molecule has 6 nitrogen and oxygen atoms in total. The highest BCUT2D eigenvalue weighted by atomic mass is 79.9. The fourth-order valence-corrected chi connectivity index (χ4v) is 3.94. The van der Waals surface area contributed by atoms with Gasteiger partial charge in [-0.15, -0.1) is 0 Å². The summed E-state index contributed by atoms with van der Waals surface area (Å²) in [6.45, 7) is 0. The van der Waals surface area contributed by atoms with Gasteiger partial charge in [0.2, 0.25) is 0 Å². The van der Waals surface area contributed by atoms with Gasteiger partial charge in [0, 0.05) is 14.5 Å². The molecule has 3 rings (SSSR count). The number of carbonyl (C=O) groups is 2. The smallest absolute Gasteiger partial charge is 0.357 e. The first-order valence-electron chi connectivity index (χ1n) is 7.77. The molecule has 0 unspecified atom stereocenters. The lowest BCUT2D eigenvalue weighted by molar-refractivity contribution is 0.0549. The molecule has 0 N–H and O–H groups in total. The fraction of sp³-hybridized carbons (Fsp3) is 0.105. The summed E-state index contributed by atoms with van der Waals surface area (Å²) in [6, 6.07) is 14.5. The Kier molecular flexibility index (Phi) is 5.76. The molecule has 0 saturated heterocycles. The van der Waals surface area contributed by atoms with E-state index in [9.17, 15) is 9.59 Å². The summed E-state index contributed by atoms with van der Waals surface area (Å²) in [5.74, 6) is -1.37. The molecule has 0 aliphatic carbocycles. The lowest BCUT2D eigenvalue weighted by Crippen LogP contribution is -2.15. The highest BCUT2D eigenvalue weighted by Crippen LogP contribution is 2.32. The van der Waals surface area contributed by atoms with Crippen molar-refractivity contribution in [2.45, 2.75) is 0 Å². The number of rotatable bonds is 4. The summed E-state index contributed by atoms with van der Waals surface area (Å²) in [5, 5.41) is 4.54. The van der Waals surface area contributed by atoms with Crippen LogP contribution in [0.25, 0.3) is 16.9 Å². The number of ether oxygens (including phenoxy) is 2. The van der Waals surface area contributed by atoms with Gasteiger partial charge in [-0.1, -0.05) is 50.1 Å². The minimum Gasteiger partial charge on any atom is -0.465 e. The quantitative estimate of drug-likeness (QED) is 0.495. The highest BCUT2D eigenvalue weighted by molar-refractivity contribution is 9.11. The van der Waals surface area contributed by atoms with Crippen LogP contribution < -0.4 is 0 Å². The SMILES string of the molecule is COC(=O)c1c(-c2cc(Br)cc(Br)c2)nn(-c2ccccc2)c1C(=O)OC. The molecule has 27 heavy (non-hydrogen) atoms. The Morgan fingerprint density at radius 1 is 0.926 bits per heavy atom. The number of hydrogen-bond donors (Lipinski definition) is 0. The Balaban J connectivity index is 2.38. The Morgan fingerprint density at radius 2 is 1.52 bits per heavy atom. The van der Waals surface area contributed by atoms with Crippen LogP contribution in [0.5, 0.6) is 0 Å². The van der Waals surface area contributed by atoms with Crippen molar-refractivity contribution in [3.8, 4) is 16.9 Å². The van der Waals surface area contributed by atoms with Crippen LogP contribution in [0.15, 0.2) is 57.5 Å². The van der Waals surface area contributed by atoms with Crippen molar-refractivity contribution in [2.75, 3.05) is 14.2 Å². The van der Waals surface area contributed by atoms with Crippen molar-refractivity contribution in [3.63, 3.8) is 0 Å². The molecular weight excluding hydrogens is 480 g/mol. The molecule has 3 aromatic rings. The van der Waals surface area contributed by atoms with Gasteiger partial charge in [0.05, 0.1) is 19.9 Å². The zero-order valence-electron chi connectivity index (χ0n) is 14.4. The standard InChI is InChI=1S/C19H14Br2N2O4/c1-26-18(24)15-16(11-8-12(20)10-13(21)9-11)22-23(17(15)19(25)27-2)14-6-4-3-5-7-14/h3-10H,1-2H3. The van der Waals surface area contributed by atoms with E-state index in [1.165, 1.54) is 18.9 Å². The molecule has 0 aliphatic heterocycles. The summed E-state index contributed by atoms with van der Waals surface area (Å²) in [6.07, 6.45) is 0. The molecule has 0 amide bonds. The van der Waals surface area contributed by atoms with E-state index in [0.717, 1.165) is 8.95 Å². The number of carbonyl (C=O) groups excluding carboxylic acids is 2. The molecule has 0 saturated carbocycles. The van der Waals surface area contributed by atoms with Gasteiger partial charge in [-0.25, -0.2) is 14.3 Å². The fourth-order valence-electron chi connectivity index (χ4n) is 2.65. The van der Waals surface area contributed by atoms with Crippen LogP contribution in [0.3, 0.4) is 0 Å². The van der Waals surface area contributed by atoms with E-state index in [4.69, 9.17) is 9.47 Å². The summed E-state index contributed by atoms with van der Waals surface area (Å²) >= 11 is 6.86. The van der Waals surface area contributed by atoms with Gasteiger partial charge < -0.3 is 9.47 Å². The number of para-hydroxylation sites is 1. The van der Waals surface area contributed by atoms with E-state index in [0.29, 0.717) is 16.9 Å². The minimum absolute atomic E-state index is 0.00153. The van der Waals surface area contributed by atoms with Crippen molar-refractivity contribution in [1.82, 2.24) is 9.78 Å². The van der Waals surface area contributed by atoms with E-state index in [2.05, 4.69) is 37.0 Å². The van der Waals surface area contributed by atoms with E-state index >= 15 is 0 Å². The second-order valence-electron chi connectivity index (χ2n) is 5.46. The number of methoxy groups -OCH3 is 2. The predicted octanol–water partition coefficient (Wildman–Crippen LogP) is 4.64. The third kappa shape index (κ3) is 3.81. The maximum atomic E-state index is 12.6. The van der Waals surface area contributed by atoms with Crippen LogP contribution in [-0.4, -0.2) is 35.9 Å². The van der Waals surface area contributed by atoms with Gasteiger partial charge in [-0.2, -0.15) is 5.10 Å². The Bertz CT molecular complexity index is 996.